The third-order valence-corrected chi connectivity index (χ3v) is 3.00. The monoisotopic (exact) mass is 301 g/mol. The van der Waals surface area contributed by atoms with E-state index in [0.29, 0.717) is 6.54 Å². The molecule has 0 spiro atoms. The highest BCUT2D eigenvalue weighted by molar-refractivity contribution is 9.10. The van der Waals surface area contributed by atoms with E-state index in [0.717, 1.165) is 22.3 Å². The number of methoxy groups -OCH3 is 1. The Morgan fingerprint density at radius 2 is 2.24 bits per heavy atom. The quantitative estimate of drug-likeness (QED) is 0.876. The number of benzene rings is 1. The Balaban J connectivity index is 2.56. The van der Waals surface area contributed by atoms with Crippen LogP contribution in [0.25, 0.3) is 0 Å². The van der Waals surface area contributed by atoms with Gasteiger partial charge >= 0.3 is 5.97 Å². The first-order chi connectivity index (χ1) is 8.02. The van der Waals surface area contributed by atoms with E-state index in [1.807, 2.05) is 30.1 Å². The number of hydrogen-bond acceptors (Lipinski definition) is 3. The molecule has 1 N–H and O–H groups in total. The lowest BCUT2D eigenvalue weighted by Crippen LogP contribution is -2.21. The Morgan fingerprint density at radius 3 is 2.76 bits per heavy atom. The van der Waals surface area contributed by atoms with E-state index < -0.39 is 5.97 Å². The molecule has 1 aromatic rings. The van der Waals surface area contributed by atoms with Gasteiger partial charge in [-0.2, -0.15) is 0 Å². The normalized spacial score (nSPS) is 10.6. The van der Waals surface area contributed by atoms with Crippen LogP contribution in [-0.4, -0.2) is 36.7 Å². The molecule has 0 saturated carbocycles. The average molecular weight is 302 g/mol. The van der Waals surface area contributed by atoms with Gasteiger partial charge in [0.25, 0.3) is 0 Å². The fraction of sp³-hybridized carbons (Fsp3) is 0.417. The Labute approximate surface area is 109 Å². The SMILES string of the molecule is COc1ccc(CN(C)CCC(=O)O)cc1Br. The lowest BCUT2D eigenvalue weighted by atomic mass is 10.2. The second-order valence-electron chi connectivity index (χ2n) is 3.85. The van der Waals surface area contributed by atoms with Crippen molar-refractivity contribution in [1.29, 1.82) is 0 Å². The summed E-state index contributed by atoms with van der Waals surface area (Å²) in [6, 6.07) is 5.85. The lowest BCUT2D eigenvalue weighted by Gasteiger charge is -2.16. The summed E-state index contributed by atoms with van der Waals surface area (Å²) in [6.07, 6.45) is 0.161. The predicted octanol–water partition coefficient (Wildman–Crippen LogP) is 2.36. The van der Waals surface area contributed by atoms with E-state index in [4.69, 9.17) is 9.84 Å². The third-order valence-electron chi connectivity index (χ3n) is 2.38. The zero-order valence-corrected chi connectivity index (χ0v) is 11.5. The zero-order chi connectivity index (χ0) is 12.8. The molecule has 0 aliphatic heterocycles. The van der Waals surface area contributed by atoms with E-state index in [9.17, 15) is 4.79 Å². The molecule has 0 heterocycles. The molecule has 0 aliphatic rings. The summed E-state index contributed by atoms with van der Waals surface area (Å²) in [7, 11) is 3.53. The van der Waals surface area contributed by atoms with Crippen LogP contribution in [0.15, 0.2) is 22.7 Å². The fourth-order valence-corrected chi connectivity index (χ4v) is 2.07. The van der Waals surface area contributed by atoms with Crippen molar-refractivity contribution in [3.63, 3.8) is 0 Å². The first kappa shape index (κ1) is 14.0. The van der Waals surface area contributed by atoms with E-state index in [-0.39, 0.29) is 6.42 Å². The topological polar surface area (TPSA) is 49.8 Å². The standard InChI is InChI=1S/C12H16BrNO3/c1-14(6-5-12(15)16)8-9-3-4-11(17-2)10(13)7-9/h3-4,7H,5-6,8H2,1-2H3,(H,15,16). The molecule has 17 heavy (non-hydrogen) atoms. The van der Waals surface area contributed by atoms with Gasteiger partial charge in [0.1, 0.15) is 5.75 Å². The Kier molecular flexibility index (Phi) is 5.44. The zero-order valence-electron chi connectivity index (χ0n) is 9.94. The number of aliphatic carboxylic acids is 1. The molecule has 0 aromatic heterocycles. The maximum atomic E-state index is 10.4. The molecular formula is C12H16BrNO3. The van der Waals surface area contributed by atoms with Crippen LogP contribution in [0.2, 0.25) is 0 Å². The number of halogens is 1. The third kappa shape index (κ3) is 4.75. The van der Waals surface area contributed by atoms with Crippen molar-refractivity contribution in [2.24, 2.45) is 0 Å². The van der Waals surface area contributed by atoms with E-state index >= 15 is 0 Å². The average Bonchev–Trinajstić information content (AvgIpc) is 2.26. The molecular weight excluding hydrogens is 286 g/mol. The van der Waals surface area contributed by atoms with Gasteiger partial charge in [-0.1, -0.05) is 6.07 Å². The summed E-state index contributed by atoms with van der Waals surface area (Å²) in [4.78, 5) is 12.4. The van der Waals surface area contributed by atoms with Gasteiger partial charge in [0.15, 0.2) is 0 Å². The lowest BCUT2D eigenvalue weighted by molar-refractivity contribution is -0.137. The highest BCUT2D eigenvalue weighted by Gasteiger charge is 2.06. The van der Waals surface area contributed by atoms with Crippen molar-refractivity contribution in [3.8, 4) is 5.75 Å². The summed E-state index contributed by atoms with van der Waals surface area (Å²) in [6.45, 7) is 1.26. The van der Waals surface area contributed by atoms with Gasteiger partial charge in [0, 0.05) is 13.1 Å². The fourth-order valence-electron chi connectivity index (χ4n) is 1.49. The number of carboxylic acid groups (broad SMARTS) is 1. The molecule has 94 valence electrons. The first-order valence-corrected chi connectivity index (χ1v) is 6.05. The number of carboxylic acids is 1. The van der Waals surface area contributed by atoms with Crippen molar-refractivity contribution in [2.75, 3.05) is 20.7 Å². The molecule has 0 atom stereocenters. The molecule has 1 rings (SSSR count). The second-order valence-corrected chi connectivity index (χ2v) is 4.70. The van der Waals surface area contributed by atoms with Crippen molar-refractivity contribution < 1.29 is 14.6 Å². The minimum absolute atomic E-state index is 0.161. The number of hydrogen-bond donors (Lipinski definition) is 1. The van der Waals surface area contributed by atoms with Crippen molar-refractivity contribution in [2.45, 2.75) is 13.0 Å². The molecule has 0 amide bonds. The summed E-state index contributed by atoms with van der Waals surface area (Å²) >= 11 is 3.42. The number of rotatable bonds is 6. The molecule has 5 heteroatoms. The molecule has 0 unspecified atom stereocenters. The highest BCUT2D eigenvalue weighted by atomic mass is 79.9. The van der Waals surface area contributed by atoms with Gasteiger partial charge in [0.05, 0.1) is 18.0 Å². The minimum Gasteiger partial charge on any atom is -0.496 e. The van der Waals surface area contributed by atoms with Gasteiger partial charge in [-0.3, -0.25) is 4.79 Å². The van der Waals surface area contributed by atoms with Gasteiger partial charge in [-0.15, -0.1) is 0 Å². The van der Waals surface area contributed by atoms with Crippen LogP contribution in [0.4, 0.5) is 0 Å². The molecule has 4 nitrogen and oxygen atoms in total. The smallest absolute Gasteiger partial charge is 0.304 e. The van der Waals surface area contributed by atoms with Crippen molar-refractivity contribution >= 4 is 21.9 Å². The molecule has 0 radical (unpaired) electrons. The van der Waals surface area contributed by atoms with Gasteiger partial charge in [0.2, 0.25) is 0 Å². The molecule has 0 aliphatic carbocycles. The van der Waals surface area contributed by atoms with Gasteiger partial charge < -0.3 is 14.7 Å². The van der Waals surface area contributed by atoms with Crippen LogP contribution in [0.1, 0.15) is 12.0 Å². The largest absolute Gasteiger partial charge is 0.496 e. The summed E-state index contributed by atoms with van der Waals surface area (Å²) in [5.74, 6) is 0.0229. The van der Waals surface area contributed by atoms with Crippen LogP contribution in [0, 0.1) is 0 Å². The van der Waals surface area contributed by atoms with Crippen LogP contribution in [-0.2, 0) is 11.3 Å². The van der Waals surface area contributed by atoms with Crippen LogP contribution >= 0.6 is 15.9 Å². The van der Waals surface area contributed by atoms with Gasteiger partial charge in [-0.05, 0) is 40.7 Å². The Morgan fingerprint density at radius 1 is 1.53 bits per heavy atom. The van der Waals surface area contributed by atoms with Crippen LogP contribution in [0.3, 0.4) is 0 Å². The van der Waals surface area contributed by atoms with Gasteiger partial charge in [-0.25, -0.2) is 0 Å². The summed E-state index contributed by atoms with van der Waals surface area (Å²) in [5.41, 5.74) is 1.12. The molecule has 0 bridgehead atoms. The number of nitrogens with zero attached hydrogens (tertiary/aromatic N) is 1. The number of ether oxygens (including phenoxy) is 1. The molecule has 0 saturated heterocycles. The Hall–Kier alpha value is -1.07. The van der Waals surface area contributed by atoms with Crippen LogP contribution in [0.5, 0.6) is 5.75 Å². The summed E-state index contributed by atoms with van der Waals surface area (Å²) < 4.78 is 6.05. The summed E-state index contributed by atoms with van der Waals surface area (Å²) in [5, 5.41) is 8.59. The van der Waals surface area contributed by atoms with E-state index in [1.165, 1.54) is 0 Å². The maximum absolute atomic E-state index is 10.4. The van der Waals surface area contributed by atoms with E-state index in [1.54, 1.807) is 7.11 Å². The number of carbonyl (C=O) groups is 1. The highest BCUT2D eigenvalue weighted by Crippen LogP contribution is 2.25. The predicted molar refractivity (Wildman–Crippen MR) is 69.3 cm³/mol. The minimum atomic E-state index is -0.771. The van der Waals surface area contributed by atoms with Crippen molar-refractivity contribution in [3.05, 3.63) is 28.2 Å². The van der Waals surface area contributed by atoms with Crippen molar-refractivity contribution in [1.82, 2.24) is 4.90 Å². The second kappa shape index (κ2) is 6.61. The molecule has 1 aromatic carbocycles. The Bertz CT molecular complexity index is 395. The molecule has 0 fully saturated rings. The first-order valence-electron chi connectivity index (χ1n) is 5.25. The van der Waals surface area contributed by atoms with Crippen LogP contribution < -0.4 is 4.74 Å². The van der Waals surface area contributed by atoms with E-state index in [2.05, 4.69) is 15.9 Å². The maximum Gasteiger partial charge on any atom is 0.304 e.